The van der Waals surface area contributed by atoms with Crippen molar-refractivity contribution in [3.63, 3.8) is 0 Å². The summed E-state index contributed by atoms with van der Waals surface area (Å²) in [5.74, 6) is 0.0649. The van der Waals surface area contributed by atoms with Gasteiger partial charge < -0.3 is 10.4 Å². The molecule has 19 heavy (non-hydrogen) atoms. The topological polar surface area (TPSA) is 49.3 Å². The van der Waals surface area contributed by atoms with Crippen molar-refractivity contribution in [3.05, 3.63) is 35.9 Å². The molecule has 1 aromatic carbocycles. The van der Waals surface area contributed by atoms with Gasteiger partial charge in [-0.15, -0.1) is 0 Å². The normalized spacial score (nSPS) is 14.3. The number of aliphatic carboxylic acids is 1. The van der Waals surface area contributed by atoms with Crippen molar-refractivity contribution in [2.24, 2.45) is 11.8 Å². The van der Waals surface area contributed by atoms with E-state index < -0.39 is 12.0 Å². The summed E-state index contributed by atoms with van der Waals surface area (Å²) >= 11 is 0. The Labute approximate surface area is 116 Å². The zero-order valence-electron chi connectivity index (χ0n) is 12.1. The Morgan fingerprint density at radius 1 is 1.21 bits per heavy atom. The minimum Gasteiger partial charge on any atom is -0.480 e. The molecule has 2 atom stereocenters. The van der Waals surface area contributed by atoms with Crippen LogP contribution >= 0.6 is 0 Å². The lowest BCUT2D eigenvalue weighted by Crippen LogP contribution is -2.40. The van der Waals surface area contributed by atoms with E-state index in [2.05, 4.69) is 24.4 Å². The molecular formula is C16H25NO2. The highest BCUT2D eigenvalue weighted by Gasteiger charge is 2.18. The van der Waals surface area contributed by atoms with Gasteiger partial charge in [-0.2, -0.15) is 0 Å². The summed E-state index contributed by atoms with van der Waals surface area (Å²) in [5.41, 5.74) is 1.30. The molecule has 1 aromatic rings. The molecule has 3 heteroatoms. The number of rotatable bonds is 8. The van der Waals surface area contributed by atoms with E-state index >= 15 is 0 Å². The summed E-state index contributed by atoms with van der Waals surface area (Å²) in [6.07, 6.45) is 1.65. The average molecular weight is 263 g/mol. The van der Waals surface area contributed by atoms with Gasteiger partial charge in [0.1, 0.15) is 6.04 Å². The van der Waals surface area contributed by atoms with Crippen molar-refractivity contribution in [2.75, 3.05) is 6.54 Å². The fraction of sp³-hybridized carbons (Fsp3) is 0.562. The Balaban J connectivity index is 2.39. The first-order valence-corrected chi connectivity index (χ1v) is 6.99. The molecule has 1 rings (SSSR count). The Hall–Kier alpha value is -1.35. The summed E-state index contributed by atoms with van der Waals surface area (Å²) in [6.45, 7) is 6.98. The second kappa shape index (κ2) is 7.95. The van der Waals surface area contributed by atoms with Gasteiger partial charge in [-0.05, 0) is 36.8 Å². The quantitative estimate of drug-likeness (QED) is 0.758. The average Bonchev–Trinajstić information content (AvgIpc) is 2.35. The summed E-state index contributed by atoms with van der Waals surface area (Å²) in [5, 5.41) is 12.3. The predicted octanol–water partition coefficient (Wildman–Crippen LogP) is 2.95. The van der Waals surface area contributed by atoms with Gasteiger partial charge in [-0.1, -0.05) is 51.1 Å². The van der Waals surface area contributed by atoms with Crippen LogP contribution in [0.4, 0.5) is 0 Å². The molecule has 0 bridgehead atoms. The third-order valence-corrected chi connectivity index (χ3v) is 3.14. The zero-order valence-corrected chi connectivity index (χ0v) is 12.1. The van der Waals surface area contributed by atoms with Crippen LogP contribution in [0.3, 0.4) is 0 Å². The first-order chi connectivity index (χ1) is 8.99. The SMILES string of the molecule is CC(C)CC(NCC(C)Cc1ccccc1)C(=O)O. The van der Waals surface area contributed by atoms with E-state index in [1.807, 2.05) is 32.0 Å². The Morgan fingerprint density at radius 3 is 2.37 bits per heavy atom. The highest BCUT2D eigenvalue weighted by Crippen LogP contribution is 2.09. The zero-order chi connectivity index (χ0) is 14.3. The van der Waals surface area contributed by atoms with Gasteiger partial charge in [-0.3, -0.25) is 4.79 Å². The van der Waals surface area contributed by atoms with E-state index in [4.69, 9.17) is 5.11 Å². The van der Waals surface area contributed by atoms with Gasteiger partial charge in [0.05, 0.1) is 0 Å². The first kappa shape index (κ1) is 15.7. The molecule has 0 saturated heterocycles. The summed E-state index contributed by atoms with van der Waals surface area (Å²) < 4.78 is 0. The molecular weight excluding hydrogens is 238 g/mol. The van der Waals surface area contributed by atoms with E-state index in [-0.39, 0.29) is 0 Å². The lowest BCUT2D eigenvalue weighted by atomic mass is 9.99. The maximum absolute atomic E-state index is 11.1. The largest absolute Gasteiger partial charge is 0.480 e. The van der Waals surface area contributed by atoms with E-state index in [1.165, 1.54) is 5.56 Å². The molecule has 0 saturated carbocycles. The standard InChI is InChI=1S/C16H25NO2/c1-12(2)9-15(16(18)19)17-11-13(3)10-14-7-5-4-6-8-14/h4-8,12-13,15,17H,9-11H2,1-3H3,(H,18,19). The molecule has 0 fully saturated rings. The van der Waals surface area contributed by atoms with E-state index in [0.29, 0.717) is 18.3 Å². The van der Waals surface area contributed by atoms with E-state index in [1.54, 1.807) is 0 Å². The van der Waals surface area contributed by atoms with E-state index in [0.717, 1.165) is 13.0 Å². The minimum absolute atomic E-state index is 0.387. The lowest BCUT2D eigenvalue weighted by molar-refractivity contribution is -0.139. The van der Waals surface area contributed by atoms with Crippen molar-refractivity contribution in [1.29, 1.82) is 0 Å². The second-order valence-corrected chi connectivity index (χ2v) is 5.72. The van der Waals surface area contributed by atoms with Crippen molar-refractivity contribution in [1.82, 2.24) is 5.32 Å². The maximum atomic E-state index is 11.1. The van der Waals surface area contributed by atoms with Crippen LogP contribution in [0.1, 0.15) is 32.8 Å². The van der Waals surface area contributed by atoms with Crippen molar-refractivity contribution in [3.8, 4) is 0 Å². The van der Waals surface area contributed by atoms with Crippen LogP contribution in [-0.2, 0) is 11.2 Å². The van der Waals surface area contributed by atoms with Crippen molar-refractivity contribution >= 4 is 5.97 Å². The molecule has 0 aliphatic rings. The van der Waals surface area contributed by atoms with Crippen LogP contribution in [0.25, 0.3) is 0 Å². The fourth-order valence-corrected chi connectivity index (χ4v) is 2.17. The molecule has 0 spiro atoms. The van der Waals surface area contributed by atoms with Crippen LogP contribution in [-0.4, -0.2) is 23.7 Å². The number of benzene rings is 1. The van der Waals surface area contributed by atoms with Crippen LogP contribution in [0.15, 0.2) is 30.3 Å². The summed E-state index contributed by atoms with van der Waals surface area (Å²) in [7, 11) is 0. The Morgan fingerprint density at radius 2 is 1.84 bits per heavy atom. The highest BCUT2D eigenvalue weighted by molar-refractivity contribution is 5.73. The maximum Gasteiger partial charge on any atom is 0.320 e. The van der Waals surface area contributed by atoms with Gasteiger partial charge in [0, 0.05) is 0 Å². The fourth-order valence-electron chi connectivity index (χ4n) is 2.17. The van der Waals surface area contributed by atoms with Crippen molar-refractivity contribution in [2.45, 2.75) is 39.7 Å². The summed E-state index contributed by atoms with van der Waals surface area (Å²) in [6, 6.07) is 9.87. The van der Waals surface area contributed by atoms with Crippen molar-refractivity contribution < 1.29 is 9.90 Å². The molecule has 2 unspecified atom stereocenters. The van der Waals surface area contributed by atoms with Crippen LogP contribution in [0, 0.1) is 11.8 Å². The third kappa shape index (κ3) is 6.39. The third-order valence-electron chi connectivity index (χ3n) is 3.14. The molecule has 0 radical (unpaired) electrons. The number of nitrogens with one attached hydrogen (secondary N) is 1. The van der Waals surface area contributed by atoms with Crippen LogP contribution < -0.4 is 5.32 Å². The number of hydrogen-bond acceptors (Lipinski definition) is 2. The molecule has 0 amide bonds. The Bertz CT molecular complexity index is 376. The van der Waals surface area contributed by atoms with E-state index in [9.17, 15) is 4.79 Å². The number of carboxylic acids is 1. The second-order valence-electron chi connectivity index (χ2n) is 5.72. The Kier molecular flexibility index (Phi) is 6.57. The number of carboxylic acid groups (broad SMARTS) is 1. The smallest absolute Gasteiger partial charge is 0.320 e. The van der Waals surface area contributed by atoms with Gasteiger partial charge in [-0.25, -0.2) is 0 Å². The molecule has 0 aliphatic carbocycles. The monoisotopic (exact) mass is 263 g/mol. The highest BCUT2D eigenvalue weighted by atomic mass is 16.4. The van der Waals surface area contributed by atoms with Gasteiger partial charge in [0.15, 0.2) is 0 Å². The van der Waals surface area contributed by atoms with Gasteiger partial charge in [0.25, 0.3) is 0 Å². The van der Waals surface area contributed by atoms with Gasteiger partial charge in [0.2, 0.25) is 0 Å². The molecule has 0 aliphatic heterocycles. The van der Waals surface area contributed by atoms with Crippen LogP contribution in [0.2, 0.25) is 0 Å². The molecule has 0 heterocycles. The van der Waals surface area contributed by atoms with Crippen LogP contribution in [0.5, 0.6) is 0 Å². The number of carbonyl (C=O) groups is 1. The minimum atomic E-state index is -0.749. The lowest BCUT2D eigenvalue weighted by Gasteiger charge is -2.19. The first-order valence-electron chi connectivity index (χ1n) is 6.99. The van der Waals surface area contributed by atoms with Gasteiger partial charge >= 0.3 is 5.97 Å². The molecule has 0 aromatic heterocycles. The molecule has 3 nitrogen and oxygen atoms in total. The number of hydrogen-bond donors (Lipinski definition) is 2. The molecule has 2 N–H and O–H groups in total. The molecule has 106 valence electrons. The summed E-state index contributed by atoms with van der Waals surface area (Å²) in [4.78, 5) is 11.1. The predicted molar refractivity (Wildman–Crippen MR) is 78.2 cm³/mol.